The van der Waals surface area contributed by atoms with Gasteiger partial charge in [-0.1, -0.05) is 36.8 Å². The Balaban J connectivity index is 2.83. The van der Waals surface area contributed by atoms with Crippen molar-refractivity contribution in [3.8, 4) is 0 Å². The molecule has 0 bridgehead atoms. The van der Waals surface area contributed by atoms with E-state index in [0.717, 1.165) is 17.7 Å². The first kappa shape index (κ1) is 11.7. The quantitative estimate of drug-likeness (QED) is 0.777. The van der Waals surface area contributed by atoms with Crippen molar-refractivity contribution < 1.29 is 9.90 Å². The fraction of sp³-hybridized carbons (Fsp3) is 0.417. The Labute approximate surface area is 90.1 Å². The fourth-order valence-electron chi connectivity index (χ4n) is 1.62. The third kappa shape index (κ3) is 3.72. The molecule has 0 radical (unpaired) electrons. The van der Waals surface area contributed by atoms with E-state index in [0.29, 0.717) is 0 Å². The predicted molar refractivity (Wildman–Crippen MR) is 59.8 cm³/mol. The predicted octanol–water partition coefficient (Wildman–Crippen LogP) is 2.12. The molecule has 0 aliphatic heterocycles. The van der Waals surface area contributed by atoms with E-state index in [1.165, 1.54) is 0 Å². The molecule has 0 aliphatic carbocycles. The summed E-state index contributed by atoms with van der Waals surface area (Å²) in [4.78, 5) is 10.7. The molecule has 0 fully saturated rings. The Morgan fingerprint density at radius 2 is 2.27 bits per heavy atom. The van der Waals surface area contributed by atoms with Crippen LogP contribution in [-0.4, -0.2) is 17.6 Å². The first-order valence-electron chi connectivity index (χ1n) is 5.15. The molecule has 1 rings (SSSR count). The zero-order valence-corrected chi connectivity index (χ0v) is 9.16. The lowest BCUT2D eigenvalue weighted by molar-refractivity contribution is -0.137. The summed E-state index contributed by atoms with van der Waals surface area (Å²) >= 11 is 0. The SMILES string of the molecule is CCNC(CC(=O)O)c1cccc(C)c1. The molecule has 1 unspecified atom stereocenters. The van der Waals surface area contributed by atoms with Crippen LogP contribution in [0.3, 0.4) is 0 Å². The lowest BCUT2D eigenvalue weighted by atomic mass is 10.0. The minimum atomic E-state index is -0.776. The summed E-state index contributed by atoms with van der Waals surface area (Å²) < 4.78 is 0. The molecule has 1 atom stereocenters. The summed E-state index contributed by atoms with van der Waals surface area (Å²) in [6, 6.07) is 7.86. The van der Waals surface area contributed by atoms with Gasteiger partial charge in [-0.25, -0.2) is 0 Å². The molecule has 3 nitrogen and oxygen atoms in total. The number of hydrogen-bond donors (Lipinski definition) is 2. The number of carboxylic acid groups (broad SMARTS) is 1. The van der Waals surface area contributed by atoms with E-state index in [9.17, 15) is 4.79 Å². The summed E-state index contributed by atoms with van der Waals surface area (Å²) in [5.74, 6) is -0.776. The van der Waals surface area contributed by atoms with Gasteiger partial charge in [0, 0.05) is 6.04 Å². The molecule has 2 N–H and O–H groups in total. The number of aliphatic carboxylic acids is 1. The Hall–Kier alpha value is -1.35. The number of hydrogen-bond acceptors (Lipinski definition) is 2. The van der Waals surface area contributed by atoms with Crippen LogP contribution in [0, 0.1) is 6.92 Å². The van der Waals surface area contributed by atoms with Crippen molar-refractivity contribution in [3.63, 3.8) is 0 Å². The minimum Gasteiger partial charge on any atom is -0.481 e. The Morgan fingerprint density at radius 1 is 1.53 bits per heavy atom. The van der Waals surface area contributed by atoms with E-state index in [-0.39, 0.29) is 12.5 Å². The molecule has 0 amide bonds. The van der Waals surface area contributed by atoms with Crippen molar-refractivity contribution in [2.45, 2.75) is 26.3 Å². The normalized spacial score (nSPS) is 12.4. The van der Waals surface area contributed by atoms with Crippen molar-refractivity contribution in [2.75, 3.05) is 6.54 Å². The van der Waals surface area contributed by atoms with Crippen LogP contribution in [0.15, 0.2) is 24.3 Å². The average molecular weight is 207 g/mol. The highest BCUT2D eigenvalue weighted by Gasteiger charge is 2.13. The summed E-state index contributed by atoms with van der Waals surface area (Å²) in [6.07, 6.45) is 0.122. The molecule has 1 aromatic carbocycles. The van der Waals surface area contributed by atoms with Crippen molar-refractivity contribution >= 4 is 5.97 Å². The summed E-state index contributed by atoms with van der Waals surface area (Å²) in [7, 11) is 0. The van der Waals surface area contributed by atoms with Gasteiger partial charge in [-0.15, -0.1) is 0 Å². The molecule has 0 saturated carbocycles. The molecule has 0 aliphatic rings. The van der Waals surface area contributed by atoms with E-state index in [1.807, 2.05) is 38.1 Å². The number of carboxylic acids is 1. The van der Waals surface area contributed by atoms with Crippen LogP contribution in [0.4, 0.5) is 0 Å². The van der Waals surface area contributed by atoms with Crippen LogP contribution in [0.25, 0.3) is 0 Å². The highest BCUT2D eigenvalue weighted by Crippen LogP contribution is 2.17. The minimum absolute atomic E-state index is 0.0904. The highest BCUT2D eigenvalue weighted by molar-refractivity contribution is 5.68. The second-order valence-corrected chi connectivity index (χ2v) is 3.62. The van der Waals surface area contributed by atoms with E-state index >= 15 is 0 Å². The van der Waals surface area contributed by atoms with Gasteiger partial charge in [0.15, 0.2) is 0 Å². The standard InChI is InChI=1S/C12H17NO2/c1-3-13-11(8-12(14)15)10-6-4-5-9(2)7-10/h4-7,11,13H,3,8H2,1-2H3,(H,14,15). The van der Waals surface area contributed by atoms with Gasteiger partial charge >= 0.3 is 5.97 Å². The molecule has 3 heteroatoms. The van der Waals surface area contributed by atoms with Crippen molar-refractivity contribution in [1.82, 2.24) is 5.32 Å². The topological polar surface area (TPSA) is 49.3 Å². The van der Waals surface area contributed by atoms with Crippen molar-refractivity contribution in [2.24, 2.45) is 0 Å². The van der Waals surface area contributed by atoms with Crippen LogP contribution in [0.2, 0.25) is 0 Å². The smallest absolute Gasteiger partial charge is 0.305 e. The number of carbonyl (C=O) groups is 1. The molecular weight excluding hydrogens is 190 g/mol. The maximum Gasteiger partial charge on any atom is 0.305 e. The average Bonchev–Trinajstić information content (AvgIpc) is 2.16. The number of rotatable bonds is 5. The van der Waals surface area contributed by atoms with Crippen LogP contribution in [0.1, 0.15) is 30.5 Å². The van der Waals surface area contributed by atoms with Crippen molar-refractivity contribution in [1.29, 1.82) is 0 Å². The van der Waals surface area contributed by atoms with Gasteiger partial charge < -0.3 is 10.4 Å². The van der Waals surface area contributed by atoms with Crippen LogP contribution >= 0.6 is 0 Å². The Bertz CT molecular complexity index is 336. The van der Waals surface area contributed by atoms with Gasteiger partial charge in [0.1, 0.15) is 0 Å². The summed E-state index contributed by atoms with van der Waals surface area (Å²) in [5, 5.41) is 12.0. The second kappa shape index (κ2) is 5.51. The zero-order valence-electron chi connectivity index (χ0n) is 9.16. The molecular formula is C12H17NO2. The molecule has 0 heterocycles. The van der Waals surface area contributed by atoms with Crippen LogP contribution in [-0.2, 0) is 4.79 Å². The van der Waals surface area contributed by atoms with Crippen molar-refractivity contribution in [3.05, 3.63) is 35.4 Å². The molecule has 1 aromatic rings. The first-order valence-corrected chi connectivity index (χ1v) is 5.15. The number of aryl methyl sites for hydroxylation is 1. The van der Waals surface area contributed by atoms with Gasteiger partial charge in [-0.05, 0) is 19.0 Å². The second-order valence-electron chi connectivity index (χ2n) is 3.62. The summed E-state index contributed by atoms with van der Waals surface area (Å²) in [6.45, 7) is 4.75. The molecule has 0 saturated heterocycles. The lowest BCUT2D eigenvalue weighted by Gasteiger charge is -2.16. The van der Waals surface area contributed by atoms with Gasteiger partial charge in [-0.3, -0.25) is 4.79 Å². The van der Waals surface area contributed by atoms with E-state index < -0.39 is 5.97 Å². The first-order chi connectivity index (χ1) is 7.13. The van der Waals surface area contributed by atoms with Gasteiger partial charge in [0.05, 0.1) is 6.42 Å². The molecule has 0 aromatic heterocycles. The Morgan fingerprint density at radius 3 is 2.80 bits per heavy atom. The number of benzene rings is 1. The molecule has 82 valence electrons. The van der Waals surface area contributed by atoms with Gasteiger partial charge in [0.2, 0.25) is 0 Å². The zero-order chi connectivity index (χ0) is 11.3. The maximum atomic E-state index is 10.7. The lowest BCUT2D eigenvalue weighted by Crippen LogP contribution is -2.23. The van der Waals surface area contributed by atoms with Crippen LogP contribution < -0.4 is 5.32 Å². The highest BCUT2D eigenvalue weighted by atomic mass is 16.4. The number of nitrogens with one attached hydrogen (secondary N) is 1. The van der Waals surface area contributed by atoms with Crippen LogP contribution in [0.5, 0.6) is 0 Å². The van der Waals surface area contributed by atoms with E-state index in [2.05, 4.69) is 5.32 Å². The largest absolute Gasteiger partial charge is 0.481 e. The van der Waals surface area contributed by atoms with Gasteiger partial charge in [0.25, 0.3) is 0 Å². The third-order valence-corrected chi connectivity index (χ3v) is 2.27. The summed E-state index contributed by atoms with van der Waals surface area (Å²) in [5.41, 5.74) is 2.19. The third-order valence-electron chi connectivity index (χ3n) is 2.27. The molecule has 0 spiro atoms. The maximum absolute atomic E-state index is 10.7. The van der Waals surface area contributed by atoms with Gasteiger partial charge in [-0.2, -0.15) is 0 Å². The fourth-order valence-corrected chi connectivity index (χ4v) is 1.62. The van der Waals surface area contributed by atoms with E-state index in [1.54, 1.807) is 0 Å². The monoisotopic (exact) mass is 207 g/mol. The van der Waals surface area contributed by atoms with E-state index in [4.69, 9.17) is 5.11 Å². The Kier molecular flexibility index (Phi) is 4.31. The molecule has 15 heavy (non-hydrogen) atoms.